The van der Waals surface area contributed by atoms with Crippen LogP contribution in [0.4, 0.5) is 6.01 Å². The molecule has 0 aliphatic carbocycles. The third kappa shape index (κ3) is 5.28. The van der Waals surface area contributed by atoms with Crippen LogP contribution >= 0.6 is 12.4 Å². The van der Waals surface area contributed by atoms with Gasteiger partial charge in [0.15, 0.2) is 5.58 Å². The number of ether oxygens (including phenoxy) is 1. The molecule has 0 aliphatic rings. The summed E-state index contributed by atoms with van der Waals surface area (Å²) in [6, 6.07) is 26.6. The number of hydrogen-bond donors (Lipinski definition) is 1. The minimum atomic E-state index is 0. The molecule has 4 rings (SSSR count). The molecule has 0 saturated carbocycles. The summed E-state index contributed by atoms with van der Waals surface area (Å²) in [5.74, 6) is 0.847. The highest BCUT2D eigenvalue weighted by molar-refractivity contribution is 5.85. The van der Waals surface area contributed by atoms with Crippen LogP contribution in [0, 0.1) is 0 Å². The Morgan fingerprint density at radius 2 is 1.59 bits per heavy atom. The van der Waals surface area contributed by atoms with Crippen molar-refractivity contribution in [2.75, 3.05) is 18.0 Å². The summed E-state index contributed by atoms with van der Waals surface area (Å²) in [6.45, 7) is 2.42. The van der Waals surface area contributed by atoms with Crippen LogP contribution in [0.15, 0.2) is 83.3 Å². The second kappa shape index (κ2) is 9.96. The zero-order valence-corrected chi connectivity index (χ0v) is 16.8. The van der Waals surface area contributed by atoms with Crippen molar-refractivity contribution in [3.8, 4) is 5.75 Å². The van der Waals surface area contributed by atoms with Crippen LogP contribution in [0.25, 0.3) is 11.1 Å². The van der Waals surface area contributed by atoms with Crippen LogP contribution in [0.1, 0.15) is 11.1 Å². The van der Waals surface area contributed by atoms with Crippen molar-refractivity contribution in [1.29, 1.82) is 0 Å². The van der Waals surface area contributed by atoms with Gasteiger partial charge >= 0.3 is 0 Å². The van der Waals surface area contributed by atoms with E-state index in [-0.39, 0.29) is 12.4 Å². The number of benzene rings is 3. The Morgan fingerprint density at radius 1 is 0.862 bits per heavy atom. The van der Waals surface area contributed by atoms with E-state index in [1.54, 1.807) is 0 Å². The fraction of sp³-hybridized carbons (Fsp3) is 0.174. The summed E-state index contributed by atoms with van der Waals surface area (Å²) in [5.41, 5.74) is 9.73. The van der Waals surface area contributed by atoms with Crippen LogP contribution in [-0.2, 0) is 13.2 Å². The molecule has 6 heteroatoms. The van der Waals surface area contributed by atoms with Gasteiger partial charge in [-0.25, -0.2) is 0 Å². The van der Waals surface area contributed by atoms with E-state index in [1.807, 2.05) is 54.6 Å². The van der Waals surface area contributed by atoms with Crippen LogP contribution in [-0.4, -0.2) is 18.1 Å². The van der Waals surface area contributed by atoms with E-state index in [4.69, 9.17) is 14.9 Å². The van der Waals surface area contributed by atoms with Gasteiger partial charge in [0, 0.05) is 19.6 Å². The van der Waals surface area contributed by atoms with E-state index < -0.39 is 0 Å². The predicted molar refractivity (Wildman–Crippen MR) is 119 cm³/mol. The van der Waals surface area contributed by atoms with Gasteiger partial charge in [0.05, 0.1) is 0 Å². The maximum atomic E-state index is 5.90. The monoisotopic (exact) mass is 409 g/mol. The van der Waals surface area contributed by atoms with Crippen LogP contribution in [0.5, 0.6) is 5.75 Å². The SMILES string of the molecule is Cl.NCCN(Cc1ccc(OCc2ccccc2)cc1)c1nc2ccccc2o1. The zero-order chi connectivity index (χ0) is 19.2. The van der Waals surface area contributed by atoms with Crippen LogP contribution in [0.3, 0.4) is 0 Å². The molecule has 1 heterocycles. The highest BCUT2D eigenvalue weighted by Crippen LogP contribution is 2.23. The number of halogens is 1. The Labute approximate surface area is 176 Å². The zero-order valence-electron chi connectivity index (χ0n) is 16.0. The van der Waals surface area contributed by atoms with Crippen molar-refractivity contribution < 1.29 is 9.15 Å². The van der Waals surface area contributed by atoms with E-state index in [0.29, 0.717) is 32.3 Å². The molecule has 0 spiro atoms. The summed E-state index contributed by atoms with van der Waals surface area (Å²) in [7, 11) is 0. The number of nitrogens with two attached hydrogens (primary N) is 1. The van der Waals surface area contributed by atoms with Gasteiger partial charge < -0.3 is 19.8 Å². The molecule has 5 nitrogen and oxygen atoms in total. The molecule has 0 saturated heterocycles. The molecular weight excluding hydrogens is 386 g/mol. The summed E-state index contributed by atoms with van der Waals surface area (Å²) in [4.78, 5) is 6.64. The number of rotatable bonds is 8. The fourth-order valence-corrected chi connectivity index (χ4v) is 3.05. The number of hydrogen-bond acceptors (Lipinski definition) is 5. The lowest BCUT2D eigenvalue weighted by atomic mass is 10.2. The van der Waals surface area contributed by atoms with E-state index >= 15 is 0 Å². The lowest BCUT2D eigenvalue weighted by Crippen LogP contribution is -2.29. The number of aromatic nitrogens is 1. The Bertz CT molecular complexity index is 986. The van der Waals surface area contributed by atoms with Gasteiger partial charge in [0.2, 0.25) is 0 Å². The smallest absolute Gasteiger partial charge is 0.298 e. The van der Waals surface area contributed by atoms with Gasteiger partial charge in [-0.15, -0.1) is 12.4 Å². The number of anilines is 1. The largest absolute Gasteiger partial charge is 0.489 e. The van der Waals surface area contributed by atoms with E-state index in [0.717, 1.165) is 28.0 Å². The summed E-state index contributed by atoms with van der Waals surface area (Å²) < 4.78 is 11.8. The number of nitrogens with zero attached hydrogens (tertiary/aromatic N) is 2. The molecule has 2 N–H and O–H groups in total. The maximum Gasteiger partial charge on any atom is 0.298 e. The molecule has 3 aromatic carbocycles. The Balaban J connectivity index is 0.00000240. The van der Waals surface area contributed by atoms with E-state index in [2.05, 4.69) is 34.1 Å². The van der Waals surface area contributed by atoms with Gasteiger partial charge in [-0.1, -0.05) is 54.6 Å². The first kappa shape index (κ1) is 20.7. The molecule has 0 unspecified atom stereocenters. The highest BCUT2D eigenvalue weighted by atomic mass is 35.5. The Morgan fingerprint density at radius 3 is 2.31 bits per heavy atom. The highest BCUT2D eigenvalue weighted by Gasteiger charge is 2.14. The molecule has 150 valence electrons. The van der Waals surface area contributed by atoms with Crippen molar-refractivity contribution in [3.63, 3.8) is 0 Å². The molecule has 29 heavy (non-hydrogen) atoms. The van der Waals surface area contributed by atoms with Gasteiger partial charge in [-0.3, -0.25) is 0 Å². The molecule has 0 aliphatic heterocycles. The lowest BCUT2D eigenvalue weighted by Gasteiger charge is -2.20. The second-order valence-electron chi connectivity index (χ2n) is 6.59. The van der Waals surface area contributed by atoms with Crippen LogP contribution < -0.4 is 15.4 Å². The molecule has 0 amide bonds. The summed E-state index contributed by atoms with van der Waals surface area (Å²) in [5, 5.41) is 0. The average molecular weight is 410 g/mol. The third-order valence-electron chi connectivity index (χ3n) is 4.50. The Kier molecular flexibility index (Phi) is 7.11. The normalized spacial score (nSPS) is 10.5. The van der Waals surface area contributed by atoms with Crippen molar-refractivity contribution in [1.82, 2.24) is 4.98 Å². The predicted octanol–water partition coefficient (Wildman–Crippen LogP) is 4.79. The van der Waals surface area contributed by atoms with Gasteiger partial charge in [0.1, 0.15) is 17.9 Å². The average Bonchev–Trinajstić information content (AvgIpc) is 3.18. The van der Waals surface area contributed by atoms with Crippen molar-refractivity contribution >= 4 is 29.5 Å². The van der Waals surface area contributed by atoms with Crippen molar-refractivity contribution in [3.05, 3.63) is 90.0 Å². The first-order valence-electron chi connectivity index (χ1n) is 9.38. The summed E-state index contributed by atoms with van der Waals surface area (Å²) >= 11 is 0. The number of oxazole rings is 1. The Hall–Kier alpha value is -3.02. The van der Waals surface area contributed by atoms with Gasteiger partial charge in [-0.05, 0) is 35.4 Å². The molecule has 0 bridgehead atoms. The quantitative estimate of drug-likeness (QED) is 0.453. The van der Waals surface area contributed by atoms with Gasteiger partial charge in [-0.2, -0.15) is 4.98 Å². The second-order valence-corrected chi connectivity index (χ2v) is 6.59. The standard InChI is InChI=1S/C23H23N3O2.ClH/c24-14-15-26(23-25-21-8-4-5-9-22(21)28-23)16-18-10-12-20(13-11-18)27-17-19-6-2-1-3-7-19;/h1-13H,14-17,24H2;1H. The minimum absolute atomic E-state index is 0. The van der Waals surface area contributed by atoms with E-state index in [9.17, 15) is 0 Å². The lowest BCUT2D eigenvalue weighted by molar-refractivity contribution is 0.306. The molecule has 0 atom stereocenters. The maximum absolute atomic E-state index is 5.90. The van der Waals surface area contributed by atoms with Crippen molar-refractivity contribution in [2.24, 2.45) is 5.73 Å². The van der Waals surface area contributed by atoms with E-state index in [1.165, 1.54) is 0 Å². The minimum Gasteiger partial charge on any atom is -0.489 e. The summed E-state index contributed by atoms with van der Waals surface area (Å²) in [6.07, 6.45) is 0. The van der Waals surface area contributed by atoms with Crippen LogP contribution in [0.2, 0.25) is 0 Å². The van der Waals surface area contributed by atoms with Crippen molar-refractivity contribution in [2.45, 2.75) is 13.2 Å². The molecule has 1 aromatic heterocycles. The number of para-hydroxylation sites is 2. The first-order chi connectivity index (χ1) is 13.8. The fourth-order valence-electron chi connectivity index (χ4n) is 3.05. The third-order valence-corrected chi connectivity index (χ3v) is 4.50. The topological polar surface area (TPSA) is 64.5 Å². The van der Waals surface area contributed by atoms with Gasteiger partial charge in [0.25, 0.3) is 6.01 Å². The molecule has 0 fully saturated rings. The molecular formula is C23H24ClN3O2. The number of fused-ring (bicyclic) bond motifs is 1. The first-order valence-corrected chi connectivity index (χ1v) is 9.38. The molecule has 0 radical (unpaired) electrons. The molecule has 4 aromatic rings.